The quantitative estimate of drug-likeness (QED) is 0.645. The SMILES string of the molecule is Cc1ccc(S(=O)(=O)SC2(N)C=C(C(C)(C)C)C=CC2N)cc1. The molecular weight excluding hydrogens is 328 g/mol. The van der Waals surface area contributed by atoms with Gasteiger partial charge in [-0.15, -0.1) is 0 Å². The molecule has 0 bridgehead atoms. The molecule has 1 aromatic rings. The number of rotatable bonds is 3. The van der Waals surface area contributed by atoms with Crippen LogP contribution >= 0.6 is 10.8 Å². The molecule has 0 radical (unpaired) electrons. The van der Waals surface area contributed by atoms with Gasteiger partial charge in [-0.25, -0.2) is 8.42 Å². The van der Waals surface area contributed by atoms with Crippen molar-refractivity contribution in [1.29, 1.82) is 0 Å². The standard InChI is InChI=1S/C17H24N2O2S2/c1-12-5-8-14(9-6-12)23(20,21)22-17(19)11-13(16(2,3)4)7-10-15(17)18/h5-11,15H,18-19H2,1-4H3. The second-order valence-electron chi connectivity index (χ2n) is 6.94. The fourth-order valence-corrected chi connectivity index (χ4v) is 5.78. The third kappa shape index (κ3) is 4.07. The minimum Gasteiger partial charge on any atom is -0.322 e. The van der Waals surface area contributed by atoms with Crippen molar-refractivity contribution < 1.29 is 8.42 Å². The highest BCUT2D eigenvalue weighted by Gasteiger charge is 2.39. The zero-order valence-electron chi connectivity index (χ0n) is 13.9. The fraction of sp³-hybridized carbons (Fsp3) is 0.412. The Morgan fingerprint density at radius 3 is 2.26 bits per heavy atom. The summed E-state index contributed by atoms with van der Waals surface area (Å²) in [5.74, 6) is 0. The molecule has 2 unspecified atom stereocenters. The molecule has 0 saturated heterocycles. The van der Waals surface area contributed by atoms with Crippen molar-refractivity contribution in [3.8, 4) is 0 Å². The minimum absolute atomic E-state index is 0.130. The number of aryl methyl sites for hydroxylation is 1. The molecule has 2 atom stereocenters. The van der Waals surface area contributed by atoms with E-state index >= 15 is 0 Å². The van der Waals surface area contributed by atoms with Crippen LogP contribution in [0.5, 0.6) is 0 Å². The van der Waals surface area contributed by atoms with Gasteiger partial charge in [-0.1, -0.05) is 50.6 Å². The molecule has 6 heteroatoms. The molecule has 2 rings (SSSR count). The van der Waals surface area contributed by atoms with Gasteiger partial charge in [-0.3, -0.25) is 0 Å². The molecule has 23 heavy (non-hydrogen) atoms. The van der Waals surface area contributed by atoms with Crippen molar-refractivity contribution >= 4 is 19.7 Å². The summed E-state index contributed by atoms with van der Waals surface area (Å²) in [6.45, 7) is 8.08. The second kappa shape index (κ2) is 6.09. The molecule has 1 aliphatic carbocycles. The Labute approximate surface area is 142 Å². The lowest BCUT2D eigenvalue weighted by Gasteiger charge is -2.35. The van der Waals surface area contributed by atoms with Crippen molar-refractivity contribution in [1.82, 2.24) is 0 Å². The van der Waals surface area contributed by atoms with Crippen LogP contribution in [0.3, 0.4) is 0 Å². The van der Waals surface area contributed by atoms with Crippen molar-refractivity contribution in [2.45, 2.75) is 43.5 Å². The molecule has 126 valence electrons. The van der Waals surface area contributed by atoms with Crippen LogP contribution in [0.4, 0.5) is 0 Å². The van der Waals surface area contributed by atoms with Gasteiger partial charge in [-0.2, -0.15) is 0 Å². The summed E-state index contributed by atoms with van der Waals surface area (Å²) in [4.78, 5) is -0.952. The van der Waals surface area contributed by atoms with E-state index in [1.165, 1.54) is 0 Å². The number of allylic oxidation sites excluding steroid dienone is 2. The summed E-state index contributed by atoms with van der Waals surface area (Å²) in [5.41, 5.74) is 14.3. The minimum atomic E-state index is -3.60. The van der Waals surface area contributed by atoms with Gasteiger partial charge in [0.2, 0.25) is 8.87 Å². The first-order chi connectivity index (χ1) is 10.4. The van der Waals surface area contributed by atoms with E-state index in [1.54, 1.807) is 36.4 Å². The number of nitrogens with two attached hydrogens (primary N) is 2. The van der Waals surface area contributed by atoms with Gasteiger partial charge >= 0.3 is 0 Å². The highest BCUT2D eigenvalue weighted by atomic mass is 33.1. The maximum atomic E-state index is 12.7. The van der Waals surface area contributed by atoms with Crippen LogP contribution in [0.2, 0.25) is 0 Å². The van der Waals surface area contributed by atoms with Gasteiger partial charge in [-0.05, 0) is 36.1 Å². The third-order valence-electron chi connectivity index (χ3n) is 3.81. The Morgan fingerprint density at radius 2 is 1.74 bits per heavy atom. The second-order valence-corrected chi connectivity index (χ2v) is 11.0. The van der Waals surface area contributed by atoms with Gasteiger partial charge in [0.1, 0.15) is 4.87 Å². The van der Waals surface area contributed by atoms with Crippen LogP contribution in [0.25, 0.3) is 0 Å². The summed E-state index contributed by atoms with van der Waals surface area (Å²) in [5, 5.41) is 0. The molecule has 0 spiro atoms. The van der Waals surface area contributed by atoms with E-state index in [-0.39, 0.29) is 10.3 Å². The van der Waals surface area contributed by atoms with Crippen LogP contribution in [0.1, 0.15) is 26.3 Å². The first-order valence-corrected chi connectivity index (χ1v) is 10.2. The number of hydrogen-bond acceptors (Lipinski definition) is 5. The fourth-order valence-electron chi connectivity index (χ4n) is 2.23. The molecule has 1 aromatic carbocycles. The average Bonchev–Trinajstić information content (AvgIpc) is 2.40. The first kappa shape index (κ1) is 18.3. The smallest absolute Gasteiger partial charge is 0.232 e. The molecule has 1 aliphatic rings. The summed E-state index contributed by atoms with van der Waals surface area (Å²) >= 11 is 0. The predicted molar refractivity (Wildman–Crippen MR) is 97.5 cm³/mol. The lowest BCUT2D eigenvalue weighted by atomic mass is 9.81. The normalized spacial score (nSPS) is 25.3. The Morgan fingerprint density at radius 1 is 1.17 bits per heavy atom. The molecule has 0 aromatic heterocycles. The van der Waals surface area contributed by atoms with E-state index in [4.69, 9.17) is 11.5 Å². The van der Waals surface area contributed by atoms with Crippen LogP contribution in [-0.2, 0) is 8.87 Å². The highest BCUT2D eigenvalue weighted by molar-refractivity contribution is 8.72. The van der Waals surface area contributed by atoms with Gasteiger partial charge in [0.15, 0.2) is 0 Å². The zero-order chi connectivity index (χ0) is 17.5. The summed E-state index contributed by atoms with van der Waals surface area (Å²) in [6, 6.07) is 6.17. The van der Waals surface area contributed by atoms with Crippen LogP contribution in [-0.4, -0.2) is 19.3 Å². The molecular formula is C17H24N2O2S2. The topological polar surface area (TPSA) is 86.2 Å². The molecule has 0 heterocycles. The van der Waals surface area contributed by atoms with E-state index in [0.29, 0.717) is 10.8 Å². The Bertz CT molecular complexity index is 744. The number of hydrogen-bond donors (Lipinski definition) is 2. The van der Waals surface area contributed by atoms with Gasteiger partial charge in [0.25, 0.3) is 0 Å². The Hall–Kier alpha value is -1.08. The largest absolute Gasteiger partial charge is 0.322 e. The lowest BCUT2D eigenvalue weighted by molar-refractivity contribution is 0.500. The van der Waals surface area contributed by atoms with Gasteiger partial charge in [0.05, 0.1) is 10.9 Å². The van der Waals surface area contributed by atoms with Gasteiger partial charge in [0, 0.05) is 10.8 Å². The van der Waals surface area contributed by atoms with Crippen molar-refractivity contribution in [3.63, 3.8) is 0 Å². The van der Waals surface area contributed by atoms with Crippen LogP contribution in [0.15, 0.2) is 53.0 Å². The number of benzene rings is 1. The first-order valence-electron chi connectivity index (χ1n) is 7.42. The summed E-state index contributed by atoms with van der Waals surface area (Å²) in [7, 11) is -2.89. The van der Waals surface area contributed by atoms with Crippen molar-refractivity contribution in [2.75, 3.05) is 0 Å². The molecule has 0 saturated carbocycles. The van der Waals surface area contributed by atoms with Crippen LogP contribution in [0, 0.1) is 12.3 Å². The molecule has 4 N–H and O–H groups in total. The van der Waals surface area contributed by atoms with Crippen LogP contribution < -0.4 is 11.5 Å². The summed E-state index contributed by atoms with van der Waals surface area (Å²) < 4.78 is 25.4. The van der Waals surface area contributed by atoms with E-state index in [9.17, 15) is 8.42 Å². The molecule has 0 fully saturated rings. The molecule has 0 aliphatic heterocycles. The maximum Gasteiger partial charge on any atom is 0.232 e. The highest BCUT2D eigenvalue weighted by Crippen LogP contribution is 2.40. The van der Waals surface area contributed by atoms with E-state index in [0.717, 1.165) is 11.1 Å². The summed E-state index contributed by atoms with van der Waals surface area (Å²) in [6.07, 6.45) is 5.49. The Kier molecular flexibility index (Phi) is 4.84. The predicted octanol–water partition coefficient (Wildman–Crippen LogP) is 2.94. The van der Waals surface area contributed by atoms with Gasteiger partial charge < -0.3 is 11.5 Å². The van der Waals surface area contributed by atoms with E-state index in [2.05, 4.69) is 20.8 Å². The van der Waals surface area contributed by atoms with Crippen molar-refractivity contribution in [3.05, 3.63) is 53.6 Å². The Balaban J connectivity index is 2.38. The average molecular weight is 353 g/mol. The lowest BCUT2D eigenvalue weighted by Crippen LogP contribution is -2.52. The van der Waals surface area contributed by atoms with E-state index < -0.39 is 19.8 Å². The monoisotopic (exact) mass is 352 g/mol. The molecule has 4 nitrogen and oxygen atoms in total. The molecule has 0 amide bonds. The maximum absolute atomic E-state index is 12.7. The zero-order valence-corrected chi connectivity index (χ0v) is 15.5. The van der Waals surface area contributed by atoms with Crippen molar-refractivity contribution in [2.24, 2.45) is 16.9 Å². The third-order valence-corrected chi connectivity index (χ3v) is 7.66. The van der Waals surface area contributed by atoms with E-state index in [1.807, 2.05) is 13.0 Å².